The number of halogens is 1. The predicted molar refractivity (Wildman–Crippen MR) is 83.9 cm³/mol. The van der Waals surface area contributed by atoms with Crippen LogP contribution >= 0.6 is 11.6 Å². The van der Waals surface area contributed by atoms with E-state index in [1.165, 1.54) is 37.3 Å². The van der Waals surface area contributed by atoms with Gasteiger partial charge < -0.3 is 5.32 Å². The maximum absolute atomic E-state index is 12.2. The van der Waals surface area contributed by atoms with Gasteiger partial charge in [0.2, 0.25) is 0 Å². The SMILES string of the molecule is Cc1cc(C(=O)Nc2cc([N+](=O)[O-])ccc2Cl)ccc1[N+](=O)[O-]. The number of nitro benzene ring substituents is 2. The quantitative estimate of drug-likeness (QED) is 0.675. The van der Waals surface area contributed by atoms with Gasteiger partial charge in [0.05, 0.1) is 20.6 Å². The average Bonchev–Trinajstić information content (AvgIpc) is 2.48. The molecule has 0 atom stereocenters. The summed E-state index contributed by atoms with van der Waals surface area (Å²) < 4.78 is 0. The number of benzene rings is 2. The second-order valence-electron chi connectivity index (χ2n) is 4.63. The summed E-state index contributed by atoms with van der Waals surface area (Å²) in [5, 5.41) is 24.1. The number of rotatable bonds is 4. The van der Waals surface area contributed by atoms with Crippen LogP contribution in [0.3, 0.4) is 0 Å². The number of nitro groups is 2. The lowest BCUT2D eigenvalue weighted by molar-refractivity contribution is -0.385. The Morgan fingerprint density at radius 3 is 2.35 bits per heavy atom. The molecule has 0 saturated carbocycles. The van der Waals surface area contributed by atoms with Gasteiger partial charge in [0.25, 0.3) is 17.3 Å². The monoisotopic (exact) mass is 335 g/mol. The van der Waals surface area contributed by atoms with Gasteiger partial charge in [-0.3, -0.25) is 25.0 Å². The first kappa shape index (κ1) is 16.4. The van der Waals surface area contributed by atoms with Crippen molar-refractivity contribution in [3.63, 3.8) is 0 Å². The van der Waals surface area contributed by atoms with Crippen molar-refractivity contribution in [2.45, 2.75) is 6.92 Å². The van der Waals surface area contributed by atoms with Crippen LogP contribution in [-0.2, 0) is 0 Å². The minimum Gasteiger partial charge on any atom is -0.320 e. The third kappa shape index (κ3) is 3.61. The van der Waals surface area contributed by atoms with E-state index in [1.54, 1.807) is 0 Å². The van der Waals surface area contributed by atoms with Gasteiger partial charge in [0, 0.05) is 29.3 Å². The van der Waals surface area contributed by atoms with Crippen molar-refractivity contribution in [3.8, 4) is 0 Å². The summed E-state index contributed by atoms with van der Waals surface area (Å²) in [7, 11) is 0. The Bertz CT molecular complexity index is 822. The fourth-order valence-electron chi connectivity index (χ4n) is 1.92. The summed E-state index contributed by atoms with van der Waals surface area (Å²) >= 11 is 5.90. The Hall–Kier alpha value is -3.00. The zero-order chi connectivity index (χ0) is 17.1. The van der Waals surface area contributed by atoms with Crippen LogP contribution in [0.1, 0.15) is 15.9 Å². The third-order valence-corrected chi connectivity index (χ3v) is 3.39. The molecule has 0 saturated heterocycles. The average molecular weight is 336 g/mol. The molecule has 8 nitrogen and oxygen atoms in total. The van der Waals surface area contributed by atoms with Crippen LogP contribution in [0.2, 0.25) is 5.02 Å². The zero-order valence-corrected chi connectivity index (χ0v) is 12.5. The molecule has 0 aliphatic heterocycles. The molecule has 0 fully saturated rings. The Morgan fingerprint density at radius 2 is 1.78 bits per heavy atom. The molecule has 0 aliphatic carbocycles. The predicted octanol–water partition coefficient (Wildman–Crippen LogP) is 3.72. The number of non-ortho nitro benzene ring substituents is 1. The highest BCUT2D eigenvalue weighted by Gasteiger charge is 2.16. The van der Waals surface area contributed by atoms with E-state index >= 15 is 0 Å². The van der Waals surface area contributed by atoms with Crippen molar-refractivity contribution in [2.75, 3.05) is 5.32 Å². The van der Waals surface area contributed by atoms with Gasteiger partial charge in [-0.2, -0.15) is 0 Å². The molecule has 0 unspecified atom stereocenters. The highest BCUT2D eigenvalue weighted by molar-refractivity contribution is 6.34. The molecule has 1 amide bonds. The van der Waals surface area contributed by atoms with E-state index in [2.05, 4.69) is 5.32 Å². The van der Waals surface area contributed by atoms with Crippen molar-refractivity contribution >= 4 is 34.6 Å². The second-order valence-corrected chi connectivity index (χ2v) is 5.04. The molecule has 0 radical (unpaired) electrons. The van der Waals surface area contributed by atoms with E-state index in [4.69, 9.17) is 11.6 Å². The molecule has 0 aliphatic rings. The Kier molecular flexibility index (Phi) is 4.56. The maximum atomic E-state index is 12.2. The lowest BCUT2D eigenvalue weighted by Gasteiger charge is -2.08. The van der Waals surface area contributed by atoms with Gasteiger partial charge in [-0.25, -0.2) is 0 Å². The van der Waals surface area contributed by atoms with Gasteiger partial charge in [0.1, 0.15) is 0 Å². The molecule has 118 valence electrons. The number of carbonyl (C=O) groups is 1. The first-order valence-electron chi connectivity index (χ1n) is 6.30. The van der Waals surface area contributed by atoms with Crippen LogP contribution in [-0.4, -0.2) is 15.8 Å². The fourth-order valence-corrected chi connectivity index (χ4v) is 2.08. The second kappa shape index (κ2) is 6.41. The summed E-state index contributed by atoms with van der Waals surface area (Å²) in [5.41, 5.74) is 0.268. The van der Waals surface area contributed by atoms with E-state index in [0.29, 0.717) is 5.56 Å². The number of hydrogen-bond donors (Lipinski definition) is 1. The van der Waals surface area contributed by atoms with Gasteiger partial charge in [-0.1, -0.05) is 11.6 Å². The van der Waals surface area contributed by atoms with Crippen LogP contribution in [0.5, 0.6) is 0 Å². The lowest BCUT2D eigenvalue weighted by Crippen LogP contribution is -2.13. The molecule has 2 rings (SSSR count). The van der Waals surface area contributed by atoms with Gasteiger partial charge in [-0.05, 0) is 25.1 Å². The molecule has 23 heavy (non-hydrogen) atoms. The van der Waals surface area contributed by atoms with Gasteiger partial charge >= 0.3 is 0 Å². The van der Waals surface area contributed by atoms with E-state index in [9.17, 15) is 25.0 Å². The number of nitrogens with one attached hydrogen (secondary N) is 1. The Balaban J connectivity index is 2.29. The zero-order valence-electron chi connectivity index (χ0n) is 11.8. The Labute approximate surface area is 135 Å². The summed E-state index contributed by atoms with van der Waals surface area (Å²) in [6, 6.07) is 7.53. The molecule has 0 heterocycles. The number of hydrogen-bond acceptors (Lipinski definition) is 5. The minimum absolute atomic E-state index is 0.0851. The van der Waals surface area contributed by atoms with Crippen molar-refractivity contribution in [1.29, 1.82) is 0 Å². The first-order valence-corrected chi connectivity index (χ1v) is 6.67. The van der Waals surface area contributed by atoms with Crippen molar-refractivity contribution in [3.05, 3.63) is 72.8 Å². The highest BCUT2D eigenvalue weighted by atomic mass is 35.5. The van der Waals surface area contributed by atoms with Crippen molar-refractivity contribution in [1.82, 2.24) is 0 Å². The van der Waals surface area contributed by atoms with E-state index in [1.807, 2.05) is 0 Å². The normalized spacial score (nSPS) is 10.2. The summed E-state index contributed by atoms with van der Waals surface area (Å²) in [4.78, 5) is 32.5. The van der Waals surface area contributed by atoms with E-state index in [-0.39, 0.29) is 27.6 Å². The third-order valence-electron chi connectivity index (χ3n) is 3.06. The Morgan fingerprint density at radius 1 is 1.09 bits per heavy atom. The first-order chi connectivity index (χ1) is 10.8. The molecule has 9 heteroatoms. The number of nitrogens with zero attached hydrogens (tertiary/aromatic N) is 2. The molecule has 2 aromatic rings. The molecule has 0 spiro atoms. The number of anilines is 1. The van der Waals surface area contributed by atoms with E-state index in [0.717, 1.165) is 6.07 Å². The molecule has 2 aromatic carbocycles. The summed E-state index contributed by atoms with van der Waals surface area (Å²) in [6.07, 6.45) is 0. The van der Waals surface area contributed by atoms with Crippen LogP contribution in [0.25, 0.3) is 0 Å². The van der Waals surface area contributed by atoms with Crippen LogP contribution < -0.4 is 5.32 Å². The van der Waals surface area contributed by atoms with Crippen molar-refractivity contribution in [2.24, 2.45) is 0 Å². The number of amides is 1. The fraction of sp³-hybridized carbons (Fsp3) is 0.0714. The largest absolute Gasteiger partial charge is 0.320 e. The highest BCUT2D eigenvalue weighted by Crippen LogP contribution is 2.27. The summed E-state index contributed by atoms with van der Waals surface area (Å²) in [5.74, 6) is -0.578. The topological polar surface area (TPSA) is 115 Å². The minimum atomic E-state index is -0.609. The standard InChI is InChI=1S/C14H10ClN3O5/c1-8-6-9(2-5-13(8)18(22)23)14(19)16-12-7-10(17(20)21)3-4-11(12)15/h2-7H,1H3,(H,16,19). The lowest BCUT2D eigenvalue weighted by atomic mass is 10.1. The summed E-state index contributed by atoms with van der Waals surface area (Å²) in [6.45, 7) is 1.51. The smallest absolute Gasteiger partial charge is 0.272 e. The number of carbonyl (C=O) groups excluding carboxylic acids is 1. The van der Waals surface area contributed by atoms with Crippen molar-refractivity contribution < 1.29 is 14.6 Å². The molecule has 1 N–H and O–H groups in total. The number of aryl methyl sites for hydroxylation is 1. The molecule has 0 bridgehead atoms. The van der Waals surface area contributed by atoms with Crippen LogP contribution in [0.15, 0.2) is 36.4 Å². The van der Waals surface area contributed by atoms with Crippen LogP contribution in [0, 0.1) is 27.2 Å². The maximum Gasteiger partial charge on any atom is 0.272 e. The molecular formula is C14H10ClN3O5. The molecular weight excluding hydrogens is 326 g/mol. The molecule has 0 aromatic heterocycles. The van der Waals surface area contributed by atoms with Gasteiger partial charge in [-0.15, -0.1) is 0 Å². The van der Waals surface area contributed by atoms with Crippen LogP contribution in [0.4, 0.5) is 17.1 Å². The van der Waals surface area contributed by atoms with E-state index < -0.39 is 15.8 Å². The van der Waals surface area contributed by atoms with Gasteiger partial charge in [0.15, 0.2) is 0 Å².